The summed E-state index contributed by atoms with van der Waals surface area (Å²) in [7, 11) is -4.00. The predicted molar refractivity (Wildman–Crippen MR) is 86.5 cm³/mol. The van der Waals surface area contributed by atoms with E-state index in [9.17, 15) is 26.4 Å². The van der Waals surface area contributed by atoms with Crippen LogP contribution in [0.1, 0.15) is 24.0 Å². The number of sulfonamides is 1. The fourth-order valence-corrected chi connectivity index (χ4v) is 4.25. The van der Waals surface area contributed by atoms with Crippen LogP contribution in [0.15, 0.2) is 23.1 Å². The van der Waals surface area contributed by atoms with Crippen molar-refractivity contribution in [3.63, 3.8) is 0 Å². The van der Waals surface area contributed by atoms with Crippen LogP contribution in [0.3, 0.4) is 0 Å². The Morgan fingerprint density at radius 1 is 1.24 bits per heavy atom. The van der Waals surface area contributed by atoms with Gasteiger partial charge in [0.1, 0.15) is 0 Å². The maximum absolute atomic E-state index is 12.4. The number of carbonyl (C=O) groups excluding carboxylic acids is 1. The highest BCUT2D eigenvalue weighted by Gasteiger charge is 2.34. The van der Waals surface area contributed by atoms with Gasteiger partial charge < -0.3 is 0 Å². The van der Waals surface area contributed by atoms with E-state index in [-0.39, 0.29) is 30.8 Å². The molecule has 2 rings (SSSR count). The Hall–Kier alpha value is -1.61. The van der Waals surface area contributed by atoms with Crippen LogP contribution in [0.4, 0.5) is 13.2 Å². The Balaban J connectivity index is 1.99. The second-order valence-electron chi connectivity index (χ2n) is 6.40. The number of halogens is 3. The van der Waals surface area contributed by atoms with Crippen LogP contribution in [-0.2, 0) is 14.8 Å². The van der Waals surface area contributed by atoms with Crippen LogP contribution in [0.25, 0.3) is 0 Å². The van der Waals surface area contributed by atoms with E-state index in [1.54, 1.807) is 26.0 Å². The molecule has 0 aliphatic carbocycles. The summed E-state index contributed by atoms with van der Waals surface area (Å²) in [6.45, 7) is 2.59. The lowest BCUT2D eigenvalue weighted by Crippen LogP contribution is -2.44. The predicted octanol–water partition coefficient (Wildman–Crippen LogP) is 2.38. The quantitative estimate of drug-likeness (QED) is 0.874. The minimum Gasteiger partial charge on any atom is -0.295 e. The molecule has 140 valence electrons. The van der Waals surface area contributed by atoms with Crippen molar-refractivity contribution in [2.45, 2.75) is 37.8 Å². The van der Waals surface area contributed by atoms with Gasteiger partial charge in [-0.2, -0.15) is 13.2 Å². The van der Waals surface area contributed by atoms with Gasteiger partial charge in [0.2, 0.25) is 5.91 Å². The first-order chi connectivity index (χ1) is 11.5. The summed E-state index contributed by atoms with van der Waals surface area (Å²) in [6.07, 6.45) is -3.88. The molecule has 0 unspecified atom stereocenters. The molecule has 0 radical (unpaired) electrons. The molecule has 1 aromatic carbocycles. The van der Waals surface area contributed by atoms with Crippen LogP contribution in [0.5, 0.6) is 0 Å². The zero-order valence-electron chi connectivity index (χ0n) is 14.1. The van der Waals surface area contributed by atoms with Crippen LogP contribution < -0.4 is 4.72 Å². The minimum absolute atomic E-state index is 0.0374. The topological polar surface area (TPSA) is 66.5 Å². The normalized spacial score (nSPS) is 17.5. The average molecular weight is 378 g/mol. The second-order valence-corrected chi connectivity index (χ2v) is 8.06. The lowest BCUT2D eigenvalue weighted by atomic mass is 9.96. The Morgan fingerprint density at radius 2 is 1.84 bits per heavy atom. The zero-order chi connectivity index (χ0) is 18.8. The van der Waals surface area contributed by atoms with E-state index >= 15 is 0 Å². The maximum atomic E-state index is 12.4. The third-order valence-electron chi connectivity index (χ3n) is 4.23. The smallest absolute Gasteiger partial charge is 0.295 e. The molecule has 0 bridgehead atoms. The Labute approximate surface area is 145 Å². The molecule has 1 N–H and O–H groups in total. The van der Waals surface area contributed by atoms with Crippen LogP contribution in [0, 0.1) is 19.8 Å². The van der Waals surface area contributed by atoms with Crippen molar-refractivity contribution >= 4 is 15.9 Å². The van der Waals surface area contributed by atoms with Gasteiger partial charge in [0, 0.05) is 5.92 Å². The van der Waals surface area contributed by atoms with Crippen LogP contribution in [0.2, 0.25) is 0 Å². The summed E-state index contributed by atoms with van der Waals surface area (Å²) in [5.74, 6) is -1.27. The van der Waals surface area contributed by atoms with Gasteiger partial charge in [-0.15, -0.1) is 0 Å². The number of rotatable bonds is 4. The number of hydrogen-bond acceptors (Lipinski definition) is 4. The SMILES string of the molecule is Cc1ccc(C)c(S(=O)(=O)NC(=O)C2CCN(CC(F)(F)F)CC2)c1. The molecule has 1 heterocycles. The number of nitrogens with zero attached hydrogens (tertiary/aromatic N) is 1. The third kappa shape index (κ3) is 5.43. The highest BCUT2D eigenvalue weighted by atomic mass is 32.2. The molecule has 0 saturated carbocycles. The molecule has 0 aromatic heterocycles. The van der Waals surface area contributed by atoms with E-state index < -0.39 is 34.6 Å². The number of hydrogen-bond donors (Lipinski definition) is 1. The van der Waals surface area contributed by atoms with E-state index in [1.165, 1.54) is 11.0 Å². The van der Waals surface area contributed by atoms with Gasteiger partial charge in [0.25, 0.3) is 10.0 Å². The van der Waals surface area contributed by atoms with Crippen LogP contribution >= 0.6 is 0 Å². The van der Waals surface area contributed by atoms with Gasteiger partial charge in [0.15, 0.2) is 0 Å². The molecule has 25 heavy (non-hydrogen) atoms. The molecule has 1 fully saturated rings. The van der Waals surface area contributed by atoms with Gasteiger partial charge in [-0.25, -0.2) is 13.1 Å². The van der Waals surface area contributed by atoms with Crippen molar-refractivity contribution in [2.75, 3.05) is 19.6 Å². The fourth-order valence-electron chi connectivity index (χ4n) is 2.87. The minimum atomic E-state index is -4.28. The molecule has 9 heteroatoms. The fraction of sp³-hybridized carbons (Fsp3) is 0.562. The highest BCUT2D eigenvalue weighted by molar-refractivity contribution is 7.90. The van der Waals surface area contributed by atoms with Gasteiger partial charge >= 0.3 is 6.18 Å². The Bertz CT molecular complexity index is 739. The van der Waals surface area contributed by atoms with E-state index in [2.05, 4.69) is 4.72 Å². The first-order valence-corrected chi connectivity index (χ1v) is 9.39. The average Bonchev–Trinajstić information content (AvgIpc) is 2.48. The summed E-state index contributed by atoms with van der Waals surface area (Å²) in [6, 6.07) is 4.91. The number of carbonyl (C=O) groups is 1. The largest absolute Gasteiger partial charge is 0.401 e. The van der Waals surface area contributed by atoms with Crippen molar-refractivity contribution in [1.82, 2.24) is 9.62 Å². The third-order valence-corrected chi connectivity index (χ3v) is 5.72. The summed E-state index contributed by atoms with van der Waals surface area (Å²) < 4.78 is 64.0. The molecule has 1 aliphatic heterocycles. The standard InChI is InChI=1S/C16H21F3N2O3S/c1-11-3-4-12(2)14(9-11)25(23,24)20-15(22)13-5-7-21(8-6-13)10-16(17,18)19/h3-4,9,13H,5-8,10H2,1-2H3,(H,20,22). The van der Waals surface area contributed by atoms with Gasteiger partial charge in [0.05, 0.1) is 11.4 Å². The van der Waals surface area contributed by atoms with Crippen LogP contribution in [-0.4, -0.2) is 45.0 Å². The van der Waals surface area contributed by atoms with Crippen molar-refractivity contribution < 1.29 is 26.4 Å². The number of nitrogens with one attached hydrogen (secondary N) is 1. The molecule has 5 nitrogen and oxygen atoms in total. The molecular weight excluding hydrogens is 357 g/mol. The van der Waals surface area contributed by atoms with Gasteiger partial charge in [-0.3, -0.25) is 9.69 Å². The van der Waals surface area contributed by atoms with E-state index in [0.29, 0.717) is 5.56 Å². The summed E-state index contributed by atoms with van der Waals surface area (Å²) in [4.78, 5) is 13.5. The van der Waals surface area contributed by atoms with E-state index in [0.717, 1.165) is 5.56 Å². The Morgan fingerprint density at radius 3 is 2.40 bits per heavy atom. The van der Waals surface area contributed by atoms with Crippen molar-refractivity contribution in [3.05, 3.63) is 29.3 Å². The number of piperidine rings is 1. The highest BCUT2D eigenvalue weighted by Crippen LogP contribution is 2.23. The molecule has 1 amide bonds. The lowest BCUT2D eigenvalue weighted by molar-refractivity contribution is -0.149. The molecule has 1 aromatic rings. The monoisotopic (exact) mass is 378 g/mol. The molecule has 1 saturated heterocycles. The molecule has 0 spiro atoms. The van der Waals surface area contributed by atoms with E-state index in [4.69, 9.17) is 0 Å². The second kappa shape index (κ2) is 7.33. The maximum Gasteiger partial charge on any atom is 0.401 e. The molecule has 1 aliphatic rings. The number of likely N-dealkylation sites (tertiary alicyclic amines) is 1. The number of amides is 1. The summed E-state index contributed by atoms with van der Waals surface area (Å²) in [5, 5.41) is 0. The molecule has 0 atom stereocenters. The zero-order valence-corrected chi connectivity index (χ0v) is 14.9. The summed E-state index contributed by atoms with van der Waals surface area (Å²) in [5.41, 5.74) is 1.27. The van der Waals surface area contributed by atoms with Crippen molar-refractivity contribution in [3.8, 4) is 0 Å². The first kappa shape index (κ1) is 19.7. The Kier molecular flexibility index (Phi) is 5.78. The number of aryl methyl sites for hydroxylation is 2. The van der Waals surface area contributed by atoms with Gasteiger partial charge in [-0.1, -0.05) is 12.1 Å². The number of alkyl halides is 3. The number of benzene rings is 1. The van der Waals surface area contributed by atoms with E-state index in [1.807, 2.05) is 0 Å². The first-order valence-electron chi connectivity index (χ1n) is 7.91. The lowest BCUT2D eigenvalue weighted by Gasteiger charge is -2.31. The molecular formula is C16H21F3N2O3S. The summed E-state index contributed by atoms with van der Waals surface area (Å²) >= 11 is 0. The van der Waals surface area contributed by atoms with Crippen molar-refractivity contribution in [1.29, 1.82) is 0 Å². The van der Waals surface area contributed by atoms with Crippen molar-refractivity contribution in [2.24, 2.45) is 5.92 Å². The van der Waals surface area contributed by atoms with Gasteiger partial charge in [-0.05, 0) is 57.0 Å².